The molecule has 0 radical (unpaired) electrons. The number of methoxy groups -OCH3 is 1. The van der Waals surface area contributed by atoms with Crippen LogP contribution in [0.4, 0.5) is 13.2 Å². The van der Waals surface area contributed by atoms with Crippen molar-refractivity contribution in [3.05, 3.63) is 0 Å². The van der Waals surface area contributed by atoms with Gasteiger partial charge in [-0.05, 0) is 13.5 Å². The molecule has 0 aromatic carbocycles. The molecule has 0 spiro atoms. The van der Waals surface area contributed by atoms with Gasteiger partial charge in [0.15, 0.2) is 0 Å². The van der Waals surface area contributed by atoms with E-state index in [0.717, 1.165) is 0 Å². The van der Waals surface area contributed by atoms with E-state index in [2.05, 4.69) is 4.74 Å². The number of rotatable bonds is 9. The summed E-state index contributed by atoms with van der Waals surface area (Å²) in [5, 5.41) is -0.110. The molecule has 0 aliphatic rings. The first-order valence-corrected chi connectivity index (χ1v) is 5.75. The smallest absolute Gasteiger partial charge is 0.383 e. The van der Waals surface area contributed by atoms with Crippen LogP contribution in [0.1, 0.15) is 6.42 Å². The van der Waals surface area contributed by atoms with E-state index in [4.69, 9.17) is 16.3 Å². The second-order valence-corrected chi connectivity index (χ2v) is 4.45. The Morgan fingerprint density at radius 2 is 2.00 bits per heavy atom. The summed E-state index contributed by atoms with van der Waals surface area (Å²) in [7, 11) is 3.43. The monoisotopic (exact) mass is 277 g/mol. The Kier molecular flexibility index (Phi) is 8.94. The van der Waals surface area contributed by atoms with Crippen molar-refractivity contribution >= 4 is 11.6 Å². The van der Waals surface area contributed by atoms with E-state index in [1.165, 1.54) is 0 Å². The summed E-state index contributed by atoms with van der Waals surface area (Å²) in [6.45, 7) is 0.648. The van der Waals surface area contributed by atoms with E-state index in [9.17, 15) is 13.2 Å². The van der Waals surface area contributed by atoms with Gasteiger partial charge in [-0.15, -0.1) is 11.6 Å². The predicted molar refractivity (Wildman–Crippen MR) is 60.5 cm³/mol. The Hall–Kier alpha value is -0.0400. The van der Waals surface area contributed by atoms with Crippen LogP contribution in [0.3, 0.4) is 0 Å². The fourth-order valence-electron chi connectivity index (χ4n) is 1.29. The lowest BCUT2D eigenvalue weighted by atomic mass is 10.3. The van der Waals surface area contributed by atoms with E-state index >= 15 is 0 Å². The normalized spacial score (nSPS) is 14.3. The van der Waals surface area contributed by atoms with Crippen molar-refractivity contribution in [2.45, 2.75) is 18.0 Å². The van der Waals surface area contributed by atoms with Gasteiger partial charge in [-0.25, -0.2) is 0 Å². The van der Waals surface area contributed by atoms with Crippen LogP contribution in [0.25, 0.3) is 0 Å². The van der Waals surface area contributed by atoms with Gasteiger partial charge in [0.05, 0.1) is 12.0 Å². The highest BCUT2D eigenvalue weighted by Gasteiger charge is 2.27. The fourth-order valence-corrected chi connectivity index (χ4v) is 1.65. The van der Waals surface area contributed by atoms with Gasteiger partial charge in [0, 0.05) is 26.8 Å². The van der Waals surface area contributed by atoms with E-state index in [0.29, 0.717) is 26.1 Å². The van der Waals surface area contributed by atoms with E-state index in [1.807, 2.05) is 11.9 Å². The summed E-state index contributed by atoms with van der Waals surface area (Å²) in [6.07, 6.45) is -3.70. The number of nitrogens with zero attached hydrogens (tertiary/aromatic N) is 1. The summed E-state index contributed by atoms with van der Waals surface area (Å²) >= 11 is 5.93. The largest absolute Gasteiger partial charge is 0.411 e. The van der Waals surface area contributed by atoms with Crippen molar-refractivity contribution in [3.63, 3.8) is 0 Å². The van der Waals surface area contributed by atoms with Crippen LogP contribution in [0, 0.1) is 0 Å². The zero-order valence-electron chi connectivity index (χ0n) is 10.1. The van der Waals surface area contributed by atoms with Crippen LogP contribution in [0.5, 0.6) is 0 Å². The van der Waals surface area contributed by atoms with Crippen molar-refractivity contribution in [3.8, 4) is 0 Å². The molecular weight excluding hydrogens is 259 g/mol. The van der Waals surface area contributed by atoms with Crippen molar-refractivity contribution < 1.29 is 22.6 Å². The Bertz CT molecular complexity index is 193. The molecule has 0 heterocycles. The topological polar surface area (TPSA) is 21.7 Å². The third-order valence-electron chi connectivity index (χ3n) is 1.95. The SMILES string of the molecule is COCC(Cl)CN(C)CCCOCC(F)(F)F. The van der Waals surface area contributed by atoms with E-state index in [-0.39, 0.29) is 12.0 Å². The van der Waals surface area contributed by atoms with Gasteiger partial charge < -0.3 is 14.4 Å². The van der Waals surface area contributed by atoms with E-state index < -0.39 is 12.8 Å². The molecular formula is C10H19ClF3NO2. The molecule has 0 bridgehead atoms. The van der Waals surface area contributed by atoms with Crippen LogP contribution in [-0.2, 0) is 9.47 Å². The number of hydrogen-bond acceptors (Lipinski definition) is 3. The molecule has 1 atom stereocenters. The Morgan fingerprint density at radius 1 is 1.35 bits per heavy atom. The lowest BCUT2D eigenvalue weighted by Crippen LogP contribution is -2.30. The van der Waals surface area contributed by atoms with Gasteiger partial charge >= 0.3 is 6.18 Å². The fraction of sp³-hybridized carbons (Fsp3) is 1.00. The van der Waals surface area contributed by atoms with E-state index in [1.54, 1.807) is 7.11 Å². The van der Waals surface area contributed by atoms with Crippen molar-refractivity contribution in [2.75, 3.05) is 47.1 Å². The average molecular weight is 278 g/mol. The first-order valence-electron chi connectivity index (χ1n) is 5.31. The number of hydrogen-bond donors (Lipinski definition) is 0. The quantitative estimate of drug-likeness (QED) is 0.476. The second kappa shape index (κ2) is 8.97. The lowest BCUT2D eigenvalue weighted by molar-refractivity contribution is -0.174. The minimum absolute atomic E-state index is 0.0983. The van der Waals surface area contributed by atoms with Crippen molar-refractivity contribution in [1.29, 1.82) is 0 Å². The molecule has 0 aromatic rings. The molecule has 0 saturated heterocycles. The third kappa shape index (κ3) is 12.2. The number of ether oxygens (including phenoxy) is 2. The summed E-state index contributed by atoms with van der Waals surface area (Å²) in [5.74, 6) is 0. The molecule has 104 valence electrons. The molecule has 7 heteroatoms. The van der Waals surface area contributed by atoms with Crippen LogP contribution >= 0.6 is 11.6 Å². The first kappa shape index (κ1) is 17.0. The average Bonchev–Trinajstić information content (AvgIpc) is 2.15. The minimum atomic E-state index is -4.24. The second-order valence-electron chi connectivity index (χ2n) is 3.84. The molecule has 0 aliphatic heterocycles. The standard InChI is InChI=1S/C10H19ClF3NO2/c1-15(6-9(11)7-16-2)4-3-5-17-8-10(12,13)14/h9H,3-8H2,1-2H3. The zero-order chi connectivity index (χ0) is 13.3. The van der Waals surface area contributed by atoms with Crippen LogP contribution < -0.4 is 0 Å². The van der Waals surface area contributed by atoms with Crippen molar-refractivity contribution in [2.24, 2.45) is 0 Å². The minimum Gasteiger partial charge on any atom is -0.383 e. The Labute approximate surface area is 105 Å². The molecule has 0 N–H and O–H groups in total. The Morgan fingerprint density at radius 3 is 2.53 bits per heavy atom. The van der Waals surface area contributed by atoms with Crippen LogP contribution in [-0.4, -0.2) is 63.5 Å². The summed E-state index contributed by atoms with van der Waals surface area (Å²) in [5.41, 5.74) is 0. The maximum absolute atomic E-state index is 11.7. The molecule has 0 rings (SSSR count). The number of halogens is 4. The van der Waals surface area contributed by atoms with Gasteiger partial charge in [0.2, 0.25) is 0 Å². The van der Waals surface area contributed by atoms with Crippen LogP contribution in [0.15, 0.2) is 0 Å². The Balaban J connectivity index is 3.42. The predicted octanol–water partition coefficient (Wildman–Crippen LogP) is 2.14. The van der Waals surface area contributed by atoms with Gasteiger partial charge in [-0.1, -0.05) is 0 Å². The van der Waals surface area contributed by atoms with Gasteiger partial charge in [0.1, 0.15) is 6.61 Å². The highest BCUT2D eigenvalue weighted by Crippen LogP contribution is 2.14. The summed E-state index contributed by atoms with van der Waals surface area (Å²) in [4.78, 5) is 1.94. The highest BCUT2D eigenvalue weighted by atomic mass is 35.5. The van der Waals surface area contributed by atoms with Crippen molar-refractivity contribution in [1.82, 2.24) is 4.90 Å². The van der Waals surface area contributed by atoms with Crippen LogP contribution in [0.2, 0.25) is 0 Å². The molecule has 0 amide bonds. The first-order chi connectivity index (χ1) is 7.85. The molecule has 1 unspecified atom stereocenters. The highest BCUT2D eigenvalue weighted by molar-refractivity contribution is 6.20. The zero-order valence-corrected chi connectivity index (χ0v) is 10.9. The van der Waals surface area contributed by atoms with Gasteiger partial charge in [-0.2, -0.15) is 13.2 Å². The molecule has 3 nitrogen and oxygen atoms in total. The molecule has 0 saturated carbocycles. The van der Waals surface area contributed by atoms with Gasteiger partial charge in [0.25, 0.3) is 0 Å². The van der Waals surface area contributed by atoms with Gasteiger partial charge in [-0.3, -0.25) is 0 Å². The summed E-state index contributed by atoms with van der Waals surface area (Å²) < 4.78 is 44.6. The lowest BCUT2D eigenvalue weighted by Gasteiger charge is -2.19. The molecule has 0 aromatic heterocycles. The third-order valence-corrected chi connectivity index (χ3v) is 2.22. The molecule has 0 fully saturated rings. The molecule has 17 heavy (non-hydrogen) atoms. The maximum atomic E-state index is 11.7. The summed E-state index contributed by atoms with van der Waals surface area (Å²) in [6, 6.07) is 0. The maximum Gasteiger partial charge on any atom is 0.411 e. The molecule has 0 aliphatic carbocycles. The number of alkyl halides is 4.